The standard InChI is InChI=1S/C13H14F3N3O2/c14-13(15,16)8-1-3-9(4-2-8)18-12(21)19-10-5-6-11(20)17-7-10/h1-4,10H,5-7H2,(H,17,20)(H2,18,19,21). The van der Waals surface area contributed by atoms with Crippen molar-refractivity contribution in [3.05, 3.63) is 29.8 Å². The molecule has 0 radical (unpaired) electrons. The van der Waals surface area contributed by atoms with Crippen molar-refractivity contribution in [3.8, 4) is 0 Å². The van der Waals surface area contributed by atoms with Crippen molar-refractivity contribution < 1.29 is 22.8 Å². The zero-order valence-electron chi connectivity index (χ0n) is 11.0. The summed E-state index contributed by atoms with van der Waals surface area (Å²) in [7, 11) is 0. The Bertz CT molecular complexity index is 518. The van der Waals surface area contributed by atoms with Crippen molar-refractivity contribution in [2.24, 2.45) is 0 Å². The number of alkyl halides is 3. The van der Waals surface area contributed by atoms with Gasteiger partial charge in [-0.1, -0.05) is 0 Å². The third-order valence-electron chi connectivity index (χ3n) is 3.07. The molecule has 1 atom stereocenters. The molecule has 1 saturated heterocycles. The molecule has 3 N–H and O–H groups in total. The molecule has 1 fully saturated rings. The summed E-state index contributed by atoms with van der Waals surface area (Å²) < 4.78 is 37.2. The Kier molecular flexibility index (Phi) is 4.35. The smallest absolute Gasteiger partial charge is 0.354 e. The molecule has 1 aromatic rings. The van der Waals surface area contributed by atoms with Crippen LogP contribution < -0.4 is 16.0 Å². The summed E-state index contributed by atoms with van der Waals surface area (Å²) in [6, 6.07) is 3.47. The zero-order valence-corrected chi connectivity index (χ0v) is 11.0. The number of amides is 3. The van der Waals surface area contributed by atoms with E-state index < -0.39 is 17.8 Å². The average Bonchev–Trinajstić information content (AvgIpc) is 2.41. The highest BCUT2D eigenvalue weighted by Crippen LogP contribution is 2.29. The number of nitrogens with one attached hydrogen (secondary N) is 3. The lowest BCUT2D eigenvalue weighted by Crippen LogP contribution is -2.48. The largest absolute Gasteiger partial charge is 0.416 e. The van der Waals surface area contributed by atoms with E-state index in [0.29, 0.717) is 19.4 Å². The van der Waals surface area contributed by atoms with Gasteiger partial charge in [0, 0.05) is 24.7 Å². The molecule has 2 rings (SSSR count). The van der Waals surface area contributed by atoms with Crippen LogP contribution in [0.1, 0.15) is 18.4 Å². The normalized spacial score (nSPS) is 18.8. The fourth-order valence-electron chi connectivity index (χ4n) is 1.95. The van der Waals surface area contributed by atoms with Gasteiger partial charge in [0.1, 0.15) is 0 Å². The molecule has 0 spiro atoms. The minimum atomic E-state index is -4.40. The molecule has 0 aliphatic carbocycles. The molecular weight excluding hydrogens is 287 g/mol. The Morgan fingerprint density at radius 1 is 1.24 bits per heavy atom. The number of carbonyl (C=O) groups excluding carboxylic acids is 2. The lowest BCUT2D eigenvalue weighted by molar-refractivity contribution is -0.137. The number of halogens is 3. The van der Waals surface area contributed by atoms with Crippen LogP contribution in [0, 0.1) is 0 Å². The van der Waals surface area contributed by atoms with Gasteiger partial charge in [-0.15, -0.1) is 0 Å². The molecule has 0 saturated carbocycles. The Hall–Kier alpha value is -2.25. The molecule has 1 aliphatic rings. The number of carbonyl (C=O) groups is 2. The summed E-state index contributed by atoms with van der Waals surface area (Å²) in [6.45, 7) is 0.346. The topological polar surface area (TPSA) is 70.2 Å². The highest BCUT2D eigenvalue weighted by Gasteiger charge is 2.30. The summed E-state index contributed by atoms with van der Waals surface area (Å²) in [5, 5.41) is 7.71. The van der Waals surface area contributed by atoms with Gasteiger partial charge in [-0.2, -0.15) is 13.2 Å². The minimum absolute atomic E-state index is 0.0591. The van der Waals surface area contributed by atoms with Gasteiger partial charge in [-0.05, 0) is 30.7 Å². The quantitative estimate of drug-likeness (QED) is 0.783. The summed E-state index contributed by atoms with van der Waals surface area (Å²) in [5.74, 6) is -0.0591. The Morgan fingerprint density at radius 2 is 1.90 bits per heavy atom. The van der Waals surface area contributed by atoms with Gasteiger partial charge in [-0.25, -0.2) is 4.79 Å². The molecule has 1 unspecified atom stereocenters. The fourth-order valence-corrected chi connectivity index (χ4v) is 1.95. The summed E-state index contributed by atoms with van der Waals surface area (Å²) in [6.07, 6.45) is -3.53. The minimum Gasteiger partial charge on any atom is -0.354 e. The van der Waals surface area contributed by atoms with E-state index in [1.165, 1.54) is 12.1 Å². The third-order valence-corrected chi connectivity index (χ3v) is 3.07. The van der Waals surface area contributed by atoms with Crippen LogP contribution in [-0.2, 0) is 11.0 Å². The van der Waals surface area contributed by atoms with Crippen molar-refractivity contribution in [1.82, 2.24) is 10.6 Å². The van der Waals surface area contributed by atoms with Crippen LogP contribution in [-0.4, -0.2) is 24.5 Å². The Morgan fingerprint density at radius 3 is 2.43 bits per heavy atom. The van der Waals surface area contributed by atoms with Crippen molar-refractivity contribution in [3.63, 3.8) is 0 Å². The van der Waals surface area contributed by atoms with Gasteiger partial charge in [0.25, 0.3) is 0 Å². The Labute approximate surface area is 118 Å². The fraction of sp³-hybridized carbons (Fsp3) is 0.385. The predicted octanol–water partition coefficient (Wildman–Crippen LogP) is 2.11. The van der Waals surface area contributed by atoms with Crippen LogP contribution in [0.3, 0.4) is 0 Å². The highest BCUT2D eigenvalue weighted by molar-refractivity contribution is 5.89. The molecule has 3 amide bonds. The van der Waals surface area contributed by atoms with E-state index in [0.717, 1.165) is 12.1 Å². The first-order valence-electron chi connectivity index (χ1n) is 6.36. The second kappa shape index (κ2) is 6.02. The second-order valence-corrected chi connectivity index (χ2v) is 4.71. The molecule has 21 heavy (non-hydrogen) atoms. The van der Waals surface area contributed by atoms with E-state index in [1.807, 2.05) is 0 Å². The van der Waals surface area contributed by atoms with E-state index >= 15 is 0 Å². The number of hydrogen-bond donors (Lipinski definition) is 3. The van der Waals surface area contributed by atoms with Gasteiger partial charge in [0.15, 0.2) is 0 Å². The first-order chi connectivity index (χ1) is 9.84. The molecule has 114 valence electrons. The van der Waals surface area contributed by atoms with Crippen LogP contribution in [0.25, 0.3) is 0 Å². The zero-order chi connectivity index (χ0) is 15.5. The maximum absolute atomic E-state index is 12.4. The molecule has 1 aromatic carbocycles. The van der Waals surface area contributed by atoms with Gasteiger partial charge in [0.05, 0.1) is 5.56 Å². The van der Waals surface area contributed by atoms with Gasteiger partial charge >= 0.3 is 12.2 Å². The highest BCUT2D eigenvalue weighted by atomic mass is 19.4. The summed E-state index contributed by atoms with van der Waals surface area (Å²) >= 11 is 0. The van der Waals surface area contributed by atoms with E-state index in [-0.39, 0.29) is 17.6 Å². The lowest BCUT2D eigenvalue weighted by Gasteiger charge is -2.23. The van der Waals surface area contributed by atoms with E-state index in [4.69, 9.17) is 0 Å². The van der Waals surface area contributed by atoms with Crippen LogP contribution in [0.2, 0.25) is 0 Å². The lowest BCUT2D eigenvalue weighted by atomic mass is 10.1. The first-order valence-corrected chi connectivity index (χ1v) is 6.36. The predicted molar refractivity (Wildman–Crippen MR) is 69.6 cm³/mol. The molecule has 1 aliphatic heterocycles. The van der Waals surface area contributed by atoms with Crippen molar-refractivity contribution in [1.29, 1.82) is 0 Å². The maximum atomic E-state index is 12.4. The molecule has 5 nitrogen and oxygen atoms in total. The second-order valence-electron chi connectivity index (χ2n) is 4.71. The third kappa shape index (κ3) is 4.37. The summed E-state index contributed by atoms with van der Waals surface area (Å²) in [4.78, 5) is 22.7. The molecule has 0 aromatic heterocycles. The maximum Gasteiger partial charge on any atom is 0.416 e. The van der Waals surface area contributed by atoms with Crippen molar-refractivity contribution in [2.75, 3.05) is 11.9 Å². The average molecular weight is 301 g/mol. The van der Waals surface area contributed by atoms with E-state index in [2.05, 4.69) is 16.0 Å². The van der Waals surface area contributed by atoms with Crippen molar-refractivity contribution in [2.45, 2.75) is 25.1 Å². The van der Waals surface area contributed by atoms with Gasteiger partial charge in [-0.3, -0.25) is 4.79 Å². The first kappa shape index (κ1) is 15.1. The number of benzene rings is 1. The van der Waals surface area contributed by atoms with Crippen LogP contribution in [0.5, 0.6) is 0 Å². The molecule has 8 heteroatoms. The van der Waals surface area contributed by atoms with E-state index in [1.54, 1.807) is 0 Å². The van der Waals surface area contributed by atoms with Crippen LogP contribution in [0.15, 0.2) is 24.3 Å². The number of hydrogen-bond acceptors (Lipinski definition) is 2. The Balaban J connectivity index is 1.86. The van der Waals surface area contributed by atoms with Gasteiger partial charge in [0.2, 0.25) is 5.91 Å². The SMILES string of the molecule is O=C1CCC(NC(=O)Nc2ccc(C(F)(F)F)cc2)CN1. The van der Waals surface area contributed by atoms with Gasteiger partial charge < -0.3 is 16.0 Å². The number of anilines is 1. The van der Waals surface area contributed by atoms with Crippen molar-refractivity contribution >= 4 is 17.6 Å². The molecule has 1 heterocycles. The molecule has 0 bridgehead atoms. The summed E-state index contributed by atoms with van der Waals surface area (Å²) in [5.41, 5.74) is -0.510. The number of piperidine rings is 1. The number of rotatable bonds is 2. The van der Waals surface area contributed by atoms with Crippen LogP contribution >= 0.6 is 0 Å². The monoisotopic (exact) mass is 301 g/mol. The number of urea groups is 1. The van der Waals surface area contributed by atoms with Crippen LogP contribution in [0.4, 0.5) is 23.7 Å². The van der Waals surface area contributed by atoms with E-state index in [9.17, 15) is 22.8 Å². The molecular formula is C13H14F3N3O2.